The van der Waals surface area contributed by atoms with Crippen molar-refractivity contribution in [2.24, 2.45) is 0 Å². The lowest BCUT2D eigenvalue weighted by atomic mass is 10.1. The van der Waals surface area contributed by atoms with Crippen LogP contribution in [0.2, 0.25) is 0 Å². The first kappa shape index (κ1) is 17.7. The summed E-state index contributed by atoms with van der Waals surface area (Å²) in [5, 5.41) is 12.4. The first-order valence-corrected chi connectivity index (χ1v) is 8.50. The molecule has 0 radical (unpaired) electrons. The summed E-state index contributed by atoms with van der Waals surface area (Å²) >= 11 is 1.13. The highest BCUT2D eigenvalue weighted by atomic mass is 32.1. The molecule has 0 bridgehead atoms. The molecule has 2 aromatic heterocycles. The van der Waals surface area contributed by atoms with Crippen LogP contribution in [0.4, 0.5) is 4.39 Å². The van der Waals surface area contributed by atoms with E-state index in [0.29, 0.717) is 26.8 Å². The molecule has 0 aliphatic carbocycles. The number of aromatic amines is 1. The molecule has 0 aliphatic rings. The molecule has 134 valence electrons. The number of carboxylic acid groups (broad SMARTS) is 1. The van der Waals surface area contributed by atoms with Gasteiger partial charge in [-0.05, 0) is 31.2 Å². The number of thiazole rings is 1. The number of nitrogens with one attached hydrogen (secondary N) is 2. The number of aliphatic carboxylic acids is 1. The number of rotatable bonds is 6. The third-order valence-corrected chi connectivity index (χ3v) is 4.88. The normalized spacial score (nSPS) is 11.9. The Hall–Kier alpha value is -3.07. The fraction of sp³-hybridized carbons (Fsp3) is 0.176. The second kappa shape index (κ2) is 7.44. The number of aromatic nitrogens is 3. The Balaban J connectivity index is 1.78. The van der Waals surface area contributed by atoms with Crippen LogP contribution in [-0.4, -0.2) is 38.0 Å². The molecule has 0 aliphatic heterocycles. The Kier molecular flexibility index (Phi) is 5.08. The third-order valence-electron chi connectivity index (χ3n) is 3.68. The minimum atomic E-state index is -1.14. The molecular weight excluding hydrogens is 359 g/mol. The number of carboxylic acids is 1. The number of carbonyl (C=O) groups is 2. The second-order valence-corrected chi connectivity index (χ2v) is 6.58. The smallest absolute Gasteiger partial charge is 0.326 e. The van der Waals surface area contributed by atoms with Crippen LogP contribution in [-0.2, 0) is 11.2 Å². The predicted octanol–water partition coefficient (Wildman–Crippen LogP) is 2.41. The fourth-order valence-corrected chi connectivity index (χ4v) is 3.34. The van der Waals surface area contributed by atoms with E-state index in [4.69, 9.17) is 0 Å². The lowest BCUT2D eigenvalue weighted by Gasteiger charge is -2.13. The third kappa shape index (κ3) is 3.94. The highest BCUT2D eigenvalue weighted by Gasteiger charge is 2.24. The molecule has 0 fully saturated rings. The Bertz CT molecular complexity index is 922. The zero-order chi connectivity index (χ0) is 18.7. The first-order chi connectivity index (χ1) is 12.4. The Morgan fingerprint density at radius 2 is 2.08 bits per heavy atom. The molecule has 3 N–H and O–H groups in total. The van der Waals surface area contributed by atoms with Crippen molar-refractivity contribution in [1.29, 1.82) is 0 Å². The average Bonchev–Trinajstić information content (AvgIpc) is 3.24. The van der Waals surface area contributed by atoms with Gasteiger partial charge < -0.3 is 15.4 Å². The molecule has 1 unspecified atom stereocenters. The van der Waals surface area contributed by atoms with Crippen molar-refractivity contribution in [1.82, 2.24) is 20.3 Å². The number of carbonyl (C=O) groups excluding carboxylic acids is 1. The average molecular weight is 374 g/mol. The maximum Gasteiger partial charge on any atom is 0.326 e. The zero-order valence-corrected chi connectivity index (χ0v) is 14.5. The lowest BCUT2D eigenvalue weighted by Crippen LogP contribution is -2.42. The second-order valence-electron chi connectivity index (χ2n) is 5.59. The van der Waals surface area contributed by atoms with Gasteiger partial charge in [-0.2, -0.15) is 0 Å². The van der Waals surface area contributed by atoms with Crippen LogP contribution in [0.25, 0.3) is 10.6 Å². The number of hydrogen-bond acceptors (Lipinski definition) is 5. The summed E-state index contributed by atoms with van der Waals surface area (Å²) in [7, 11) is 0. The van der Waals surface area contributed by atoms with E-state index in [1.165, 1.54) is 24.7 Å². The van der Waals surface area contributed by atoms with E-state index >= 15 is 0 Å². The first-order valence-electron chi connectivity index (χ1n) is 7.68. The highest BCUT2D eigenvalue weighted by molar-refractivity contribution is 7.17. The molecule has 1 aromatic carbocycles. The molecule has 7 nitrogen and oxygen atoms in total. The van der Waals surface area contributed by atoms with E-state index in [0.717, 1.165) is 11.3 Å². The summed E-state index contributed by atoms with van der Waals surface area (Å²) in [6, 6.07) is 4.69. The number of amides is 1. The monoisotopic (exact) mass is 374 g/mol. The van der Waals surface area contributed by atoms with Crippen LogP contribution in [0, 0.1) is 12.7 Å². The van der Waals surface area contributed by atoms with E-state index in [-0.39, 0.29) is 12.2 Å². The topological polar surface area (TPSA) is 108 Å². The summed E-state index contributed by atoms with van der Waals surface area (Å²) < 4.78 is 13.0. The van der Waals surface area contributed by atoms with Crippen molar-refractivity contribution in [3.05, 3.63) is 58.9 Å². The number of H-pyrrole nitrogens is 1. The van der Waals surface area contributed by atoms with Gasteiger partial charge in [0.1, 0.15) is 21.7 Å². The number of imidazole rings is 1. The van der Waals surface area contributed by atoms with Crippen molar-refractivity contribution < 1.29 is 19.1 Å². The number of aryl methyl sites for hydroxylation is 1. The highest BCUT2D eigenvalue weighted by Crippen LogP contribution is 2.28. The van der Waals surface area contributed by atoms with Gasteiger partial charge in [-0.15, -0.1) is 11.3 Å². The van der Waals surface area contributed by atoms with Gasteiger partial charge in [-0.3, -0.25) is 4.79 Å². The standard InChI is InChI=1S/C17H15FN4O3S/c1-9-14(26-16(21-9)10-2-4-11(18)5-3-10)15(23)22-13(17(24)25)6-12-7-19-8-20-12/h2-5,7-8,13H,6H2,1H3,(H,19,20)(H,22,23)(H,24,25). The molecule has 3 aromatic rings. The number of halogens is 1. The Morgan fingerprint density at radius 1 is 1.35 bits per heavy atom. The van der Waals surface area contributed by atoms with Crippen molar-refractivity contribution in [3.63, 3.8) is 0 Å². The van der Waals surface area contributed by atoms with Crippen LogP contribution in [0.15, 0.2) is 36.8 Å². The van der Waals surface area contributed by atoms with Gasteiger partial charge in [0.05, 0.1) is 12.0 Å². The molecular formula is C17H15FN4O3S. The largest absolute Gasteiger partial charge is 0.480 e. The van der Waals surface area contributed by atoms with E-state index in [1.54, 1.807) is 19.1 Å². The van der Waals surface area contributed by atoms with E-state index in [2.05, 4.69) is 20.3 Å². The van der Waals surface area contributed by atoms with Crippen molar-refractivity contribution >= 4 is 23.2 Å². The Morgan fingerprint density at radius 3 is 2.69 bits per heavy atom. The molecule has 0 spiro atoms. The van der Waals surface area contributed by atoms with Crippen LogP contribution < -0.4 is 5.32 Å². The molecule has 1 amide bonds. The van der Waals surface area contributed by atoms with Gasteiger partial charge in [0, 0.05) is 23.9 Å². The van der Waals surface area contributed by atoms with Crippen LogP contribution in [0.3, 0.4) is 0 Å². The number of benzene rings is 1. The van der Waals surface area contributed by atoms with Gasteiger partial charge >= 0.3 is 5.97 Å². The van der Waals surface area contributed by atoms with Crippen LogP contribution >= 0.6 is 11.3 Å². The molecule has 2 heterocycles. The van der Waals surface area contributed by atoms with Gasteiger partial charge in [-0.1, -0.05) is 0 Å². The van der Waals surface area contributed by atoms with Gasteiger partial charge in [0.2, 0.25) is 0 Å². The minimum absolute atomic E-state index is 0.0870. The van der Waals surface area contributed by atoms with Crippen molar-refractivity contribution in [3.8, 4) is 10.6 Å². The molecule has 0 saturated heterocycles. The molecule has 3 rings (SSSR count). The Labute approximate surface area is 151 Å². The van der Waals surface area contributed by atoms with Crippen molar-refractivity contribution in [2.75, 3.05) is 0 Å². The summed E-state index contributed by atoms with van der Waals surface area (Å²) in [5.41, 5.74) is 1.77. The van der Waals surface area contributed by atoms with Crippen LogP contribution in [0.5, 0.6) is 0 Å². The predicted molar refractivity (Wildman–Crippen MR) is 93.4 cm³/mol. The number of nitrogens with zero attached hydrogens (tertiary/aromatic N) is 2. The zero-order valence-electron chi connectivity index (χ0n) is 13.7. The molecule has 26 heavy (non-hydrogen) atoms. The molecule has 0 saturated carbocycles. The van der Waals surface area contributed by atoms with Gasteiger partial charge in [0.15, 0.2) is 0 Å². The van der Waals surface area contributed by atoms with Gasteiger partial charge in [-0.25, -0.2) is 19.2 Å². The summed E-state index contributed by atoms with van der Waals surface area (Å²) in [6.07, 6.45) is 3.04. The molecule has 9 heteroatoms. The van der Waals surface area contributed by atoms with Gasteiger partial charge in [0.25, 0.3) is 5.91 Å². The molecule has 1 atom stereocenters. The fourth-order valence-electron chi connectivity index (χ4n) is 2.36. The minimum Gasteiger partial charge on any atom is -0.480 e. The maximum absolute atomic E-state index is 13.0. The van der Waals surface area contributed by atoms with E-state index < -0.39 is 17.9 Å². The number of hydrogen-bond donors (Lipinski definition) is 3. The summed E-state index contributed by atoms with van der Waals surface area (Å²) in [5.74, 6) is -2.02. The lowest BCUT2D eigenvalue weighted by molar-refractivity contribution is -0.139. The van der Waals surface area contributed by atoms with E-state index in [9.17, 15) is 19.1 Å². The maximum atomic E-state index is 13.0. The van der Waals surface area contributed by atoms with Crippen LogP contribution in [0.1, 0.15) is 21.1 Å². The van der Waals surface area contributed by atoms with Crippen molar-refractivity contribution in [2.45, 2.75) is 19.4 Å². The quantitative estimate of drug-likeness (QED) is 0.614. The summed E-state index contributed by atoms with van der Waals surface area (Å²) in [6.45, 7) is 1.67. The summed E-state index contributed by atoms with van der Waals surface area (Å²) in [4.78, 5) is 35.3. The SMILES string of the molecule is Cc1nc(-c2ccc(F)cc2)sc1C(=O)NC(Cc1cnc[nH]1)C(=O)O. The van der Waals surface area contributed by atoms with E-state index in [1.807, 2.05) is 0 Å².